The Balaban J connectivity index is 3.07. The van der Waals surface area contributed by atoms with Crippen molar-refractivity contribution in [2.45, 2.75) is 26.6 Å². The molecule has 0 aliphatic rings. The van der Waals surface area contributed by atoms with Crippen LogP contribution in [0.4, 0.5) is 24.7 Å². The van der Waals surface area contributed by atoms with Gasteiger partial charge in [0.05, 0.1) is 26.8 Å². The van der Waals surface area contributed by atoms with E-state index in [1.807, 2.05) is 0 Å². The number of rotatable bonds is 7. The van der Waals surface area contributed by atoms with Crippen molar-refractivity contribution < 1.29 is 34.9 Å². The van der Waals surface area contributed by atoms with Crippen molar-refractivity contribution >= 4 is 54.1 Å². The second-order valence-electron chi connectivity index (χ2n) is 5.64. The summed E-state index contributed by atoms with van der Waals surface area (Å²) in [6.45, 7) is 0.399. The molecule has 1 aromatic heterocycles. The third-order valence-electron chi connectivity index (χ3n) is 3.74. The Bertz CT molecular complexity index is 1140. The van der Waals surface area contributed by atoms with Gasteiger partial charge in [-0.25, -0.2) is 21.5 Å². The van der Waals surface area contributed by atoms with Crippen LogP contribution >= 0.6 is 11.6 Å². The Labute approximate surface area is 168 Å². The molecule has 0 saturated heterocycles. The predicted octanol–water partition coefficient (Wildman–Crippen LogP) is 2.67. The molecule has 2 rings (SSSR count). The highest BCUT2D eigenvalue weighted by molar-refractivity contribution is 8.10. The lowest BCUT2D eigenvalue weighted by molar-refractivity contribution is -0.383. The number of aromatic nitrogens is 2. The largest absolute Gasteiger partial charge is 0.408 e. The van der Waals surface area contributed by atoms with E-state index in [2.05, 4.69) is 5.10 Å². The van der Waals surface area contributed by atoms with Gasteiger partial charge in [0.2, 0.25) is 20.0 Å². The predicted molar refractivity (Wildman–Crippen MR) is 98.9 cm³/mol. The number of benzene rings is 1. The molecule has 0 aliphatic carbocycles. The third kappa shape index (κ3) is 4.40. The van der Waals surface area contributed by atoms with Gasteiger partial charge in [-0.3, -0.25) is 10.1 Å². The standard InChI is InChI=1S/C13H14ClF3N4O6S2/c1-3-28(24,25)21(29(26,27)4-2)12-10-8(14)5-6-9(20(22)23)11(10)19(18-12)7-13(15,16)17/h5-6H,3-4,7H2,1-2H3. The summed E-state index contributed by atoms with van der Waals surface area (Å²) in [5.41, 5.74) is -1.60. The van der Waals surface area contributed by atoms with E-state index in [0.29, 0.717) is 0 Å². The molecule has 0 amide bonds. The molecule has 162 valence electrons. The van der Waals surface area contributed by atoms with E-state index in [4.69, 9.17) is 11.6 Å². The zero-order chi connectivity index (χ0) is 22.4. The van der Waals surface area contributed by atoms with Gasteiger partial charge in [-0.05, 0) is 19.9 Å². The first kappa shape index (κ1) is 23.2. The summed E-state index contributed by atoms with van der Waals surface area (Å²) in [6.07, 6.45) is -4.90. The lowest BCUT2D eigenvalue weighted by atomic mass is 10.2. The number of nitro benzene ring substituents is 1. The molecule has 0 spiro atoms. The Kier molecular flexibility index (Phi) is 6.07. The van der Waals surface area contributed by atoms with E-state index in [0.717, 1.165) is 26.0 Å². The van der Waals surface area contributed by atoms with Gasteiger partial charge in [0, 0.05) is 6.07 Å². The summed E-state index contributed by atoms with van der Waals surface area (Å²) in [5.74, 6) is -2.42. The minimum absolute atomic E-state index is 0.120. The molecule has 1 heterocycles. The van der Waals surface area contributed by atoms with Gasteiger partial charge in [-0.15, -0.1) is 3.71 Å². The summed E-state index contributed by atoms with van der Waals surface area (Å²) >= 11 is 5.98. The number of hydrogen-bond donors (Lipinski definition) is 0. The van der Waals surface area contributed by atoms with Crippen molar-refractivity contribution in [3.63, 3.8) is 0 Å². The molecular formula is C13H14ClF3N4O6S2. The average Bonchev–Trinajstić information content (AvgIpc) is 2.92. The fourth-order valence-electron chi connectivity index (χ4n) is 2.47. The number of anilines is 1. The molecule has 10 nitrogen and oxygen atoms in total. The van der Waals surface area contributed by atoms with Gasteiger partial charge in [0.1, 0.15) is 12.1 Å². The molecule has 29 heavy (non-hydrogen) atoms. The normalized spacial score (nSPS) is 13.0. The van der Waals surface area contributed by atoms with Crippen LogP contribution in [0.15, 0.2) is 12.1 Å². The van der Waals surface area contributed by atoms with E-state index in [-0.39, 0.29) is 8.39 Å². The smallest absolute Gasteiger partial charge is 0.258 e. The number of hydrogen-bond acceptors (Lipinski definition) is 7. The molecule has 0 radical (unpaired) electrons. The fourth-order valence-corrected chi connectivity index (χ4v) is 5.98. The van der Waals surface area contributed by atoms with Gasteiger partial charge < -0.3 is 0 Å². The van der Waals surface area contributed by atoms with Crippen molar-refractivity contribution in [1.82, 2.24) is 9.78 Å². The molecule has 2 aromatic rings. The highest BCUT2D eigenvalue weighted by atomic mass is 35.5. The maximum absolute atomic E-state index is 13.0. The number of sulfonamides is 2. The van der Waals surface area contributed by atoms with Crippen LogP contribution in [0.5, 0.6) is 0 Å². The maximum atomic E-state index is 13.0. The van der Waals surface area contributed by atoms with Crippen molar-refractivity contribution in [3.8, 4) is 0 Å². The Hall–Kier alpha value is -2.13. The summed E-state index contributed by atoms with van der Waals surface area (Å²) < 4.78 is 88.9. The number of halogens is 4. The molecule has 0 unspecified atom stereocenters. The van der Waals surface area contributed by atoms with Gasteiger partial charge in [-0.2, -0.15) is 18.3 Å². The summed E-state index contributed by atoms with van der Waals surface area (Å²) in [7, 11) is -9.19. The second kappa shape index (κ2) is 7.60. The number of fused-ring (bicyclic) bond motifs is 1. The first-order valence-electron chi connectivity index (χ1n) is 7.82. The molecule has 0 bridgehead atoms. The third-order valence-corrected chi connectivity index (χ3v) is 8.23. The van der Waals surface area contributed by atoms with E-state index < -0.39 is 76.6 Å². The molecule has 0 aliphatic heterocycles. The van der Waals surface area contributed by atoms with Crippen molar-refractivity contribution in [2.75, 3.05) is 15.2 Å². The Morgan fingerprint density at radius 1 is 1.17 bits per heavy atom. The highest BCUT2D eigenvalue weighted by Crippen LogP contribution is 2.40. The van der Waals surface area contributed by atoms with Crippen LogP contribution in [0.2, 0.25) is 5.02 Å². The molecular weight excluding hydrogens is 465 g/mol. The van der Waals surface area contributed by atoms with Gasteiger partial charge in [-0.1, -0.05) is 11.6 Å². The van der Waals surface area contributed by atoms with E-state index in [1.54, 1.807) is 0 Å². The number of nitrogens with zero attached hydrogens (tertiary/aromatic N) is 4. The van der Waals surface area contributed by atoms with Gasteiger partial charge in [0.15, 0.2) is 5.82 Å². The number of alkyl halides is 3. The monoisotopic (exact) mass is 478 g/mol. The SMILES string of the molecule is CCS(=O)(=O)N(c1nn(CC(F)(F)F)c2c([N+](=O)[O-])ccc(Cl)c12)S(=O)(=O)CC. The van der Waals surface area contributed by atoms with Crippen LogP contribution in [0.3, 0.4) is 0 Å². The lowest BCUT2D eigenvalue weighted by Gasteiger charge is -2.20. The molecule has 0 N–H and O–H groups in total. The van der Waals surface area contributed by atoms with Crippen LogP contribution in [0.1, 0.15) is 13.8 Å². The number of nitro groups is 1. The second-order valence-corrected chi connectivity index (χ2v) is 10.5. The summed E-state index contributed by atoms with van der Waals surface area (Å²) in [5, 5.41) is 13.8. The summed E-state index contributed by atoms with van der Waals surface area (Å²) in [4.78, 5) is 10.3. The van der Waals surface area contributed by atoms with Crippen LogP contribution in [0, 0.1) is 10.1 Å². The van der Waals surface area contributed by atoms with E-state index in [1.165, 1.54) is 0 Å². The fraction of sp³-hybridized carbons (Fsp3) is 0.462. The molecule has 1 aromatic carbocycles. The zero-order valence-electron chi connectivity index (χ0n) is 14.8. The van der Waals surface area contributed by atoms with E-state index >= 15 is 0 Å². The van der Waals surface area contributed by atoms with Crippen LogP contribution in [-0.2, 0) is 26.6 Å². The molecule has 16 heteroatoms. The molecule has 0 fully saturated rings. The maximum Gasteiger partial charge on any atom is 0.408 e. The molecule has 0 atom stereocenters. The topological polar surface area (TPSA) is 132 Å². The Morgan fingerprint density at radius 2 is 1.69 bits per heavy atom. The van der Waals surface area contributed by atoms with E-state index in [9.17, 15) is 40.1 Å². The lowest BCUT2D eigenvalue weighted by Crippen LogP contribution is -2.39. The van der Waals surface area contributed by atoms with Crippen LogP contribution < -0.4 is 3.71 Å². The van der Waals surface area contributed by atoms with Gasteiger partial charge in [0.25, 0.3) is 5.69 Å². The quantitative estimate of drug-likeness (QED) is 0.441. The zero-order valence-corrected chi connectivity index (χ0v) is 17.2. The average molecular weight is 479 g/mol. The van der Waals surface area contributed by atoms with Gasteiger partial charge >= 0.3 is 6.18 Å². The first-order valence-corrected chi connectivity index (χ1v) is 11.4. The van der Waals surface area contributed by atoms with Crippen molar-refractivity contribution in [2.24, 2.45) is 0 Å². The Morgan fingerprint density at radius 3 is 2.10 bits per heavy atom. The van der Waals surface area contributed by atoms with Crippen LogP contribution in [-0.4, -0.2) is 49.2 Å². The number of non-ortho nitro benzene ring substituents is 1. The minimum atomic E-state index is -4.90. The summed E-state index contributed by atoms with van der Waals surface area (Å²) in [6, 6.07) is 1.76. The van der Waals surface area contributed by atoms with Crippen LogP contribution in [0.25, 0.3) is 10.9 Å². The van der Waals surface area contributed by atoms with Crippen molar-refractivity contribution in [1.29, 1.82) is 0 Å². The highest BCUT2D eigenvalue weighted by Gasteiger charge is 2.39. The minimum Gasteiger partial charge on any atom is -0.258 e. The molecule has 0 saturated carbocycles. The van der Waals surface area contributed by atoms with Crippen molar-refractivity contribution in [3.05, 3.63) is 27.3 Å². The first-order chi connectivity index (χ1) is 13.2.